The molecule has 0 N–H and O–H groups in total. The van der Waals surface area contributed by atoms with Gasteiger partial charge in [0, 0.05) is 0 Å². The van der Waals surface area contributed by atoms with Crippen molar-refractivity contribution in [3.63, 3.8) is 0 Å². The molecule has 1 aliphatic rings. The Bertz CT molecular complexity index is 951. The Hall–Kier alpha value is -2.43. The van der Waals surface area contributed by atoms with Crippen LogP contribution in [0.4, 0.5) is 8.78 Å². The summed E-state index contributed by atoms with van der Waals surface area (Å²) >= 11 is 0. The van der Waals surface area contributed by atoms with E-state index in [9.17, 15) is 13.6 Å². The molecule has 1 aliphatic carbocycles. The van der Waals surface area contributed by atoms with E-state index in [0.717, 1.165) is 68.9 Å². The van der Waals surface area contributed by atoms with E-state index in [-0.39, 0.29) is 18.3 Å². The molecule has 0 aromatic heterocycles. The number of alkyl halides is 1. The minimum absolute atomic E-state index is 0.138. The van der Waals surface area contributed by atoms with Gasteiger partial charge in [-0.25, -0.2) is 13.6 Å². The van der Waals surface area contributed by atoms with Crippen molar-refractivity contribution in [3.8, 4) is 16.9 Å². The summed E-state index contributed by atoms with van der Waals surface area (Å²) in [6.45, 7) is 4.73. The molecule has 38 heavy (non-hydrogen) atoms. The maximum absolute atomic E-state index is 14.6. The Morgan fingerprint density at radius 3 is 2.26 bits per heavy atom. The highest BCUT2D eigenvalue weighted by molar-refractivity contribution is 5.74. The van der Waals surface area contributed by atoms with Crippen molar-refractivity contribution in [2.75, 3.05) is 6.61 Å². The van der Waals surface area contributed by atoms with Crippen LogP contribution in [0.15, 0.2) is 42.5 Å². The Labute approximate surface area is 228 Å². The molecule has 0 saturated heterocycles. The molecule has 1 atom stereocenters. The number of ether oxygens (including phenoxy) is 2. The van der Waals surface area contributed by atoms with Crippen LogP contribution in [0.1, 0.15) is 103 Å². The summed E-state index contributed by atoms with van der Waals surface area (Å²) in [7, 11) is 0. The molecule has 3 rings (SSSR count). The lowest BCUT2D eigenvalue weighted by atomic mass is 9.83. The van der Waals surface area contributed by atoms with Gasteiger partial charge in [0.15, 0.2) is 17.7 Å². The Morgan fingerprint density at radius 2 is 1.58 bits per heavy atom. The molecule has 0 heterocycles. The molecule has 0 aliphatic heterocycles. The van der Waals surface area contributed by atoms with E-state index >= 15 is 0 Å². The molecular formula is C33H46F2O3. The first kappa shape index (κ1) is 30.1. The fraction of sp³-hybridized carbons (Fsp3) is 0.606. The van der Waals surface area contributed by atoms with Gasteiger partial charge in [-0.2, -0.15) is 0 Å². The van der Waals surface area contributed by atoms with Crippen molar-refractivity contribution in [2.45, 2.75) is 116 Å². The van der Waals surface area contributed by atoms with Gasteiger partial charge in [-0.1, -0.05) is 82.7 Å². The van der Waals surface area contributed by atoms with Crippen LogP contribution in [0.2, 0.25) is 0 Å². The summed E-state index contributed by atoms with van der Waals surface area (Å²) in [6.07, 6.45) is 11.7. The van der Waals surface area contributed by atoms with Crippen molar-refractivity contribution in [3.05, 3.63) is 53.8 Å². The van der Waals surface area contributed by atoms with E-state index in [2.05, 4.69) is 31.2 Å². The van der Waals surface area contributed by atoms with E-state index < -0.39 is 12.1 Å². The van der Waals surface area contributed by atoms with Gasteiger partial charge in [-0.15, -0.1) is 0 Å². The van der Waals surface area contributed by atoms with Crippen LogP contribution in [0, 0.1) is 11.7 Å². The lowest BCUT2D eigenvalue weighted by molar-refractivity contribution is -0.157. The van der Waals surface area contributed by atoms with Crippen molar-refractivity contribution in [1.29, 1.82) is 0 Å². The molecule has 5 heteroatoms. The third kappa shape index (κ3) is 10.0. The number of halogens is 2. The molecule has 1 saturated carbocycles. The Balaban J connectivity index is 1.39. The highest BCUT2D eigenvalue weighted by atomic mass is 19.1. The second-order valence-corrected chi connectivity index (χ2v) is 10.8. The van der Waals surface area contributed by atoms with E-state index in [0.29, 0.717) is 24.7 Å². The second kappa shape index (κ2) is 16.5. The largest absolute Gasteiger partial charge is 0.491 e. The quantitative estimate of drug-likeness (QED) is 0.161. The van der Waals surface area contributed by atoms with Gasteiger partial charge in [0.1, 0.15) is 6.10 Å². The van der Waals surface area contributed by atoms with Crippen LogP contribution in [-0.2, 0) is 16.0 Å². The second-order valence-electron chi connectivity index (χ2n) is 10.8. The van der Waals surface area contributed by atoms with Gasteiger partial charge in [-0.3, -0.25) is 0 Å². The summed E-state index contributed by atoms with van der Waals surface area (Å²) in [6, 6.07) is 13.6. The van der Waals surface area contributed by atoms with Crippen LogP contribution in [0.5, 0.6) is 5.75 Å². The van der Waals surface area contributed by atoms with Gasteiger partial charge in [0.2, 0.25) is 0 Å². The molecule has 2 aromatic carbocycles. The van der Waals surface area contributed by atoms with Crippen molar-refractivity contribution in [1.82, 2.24) is 0 Å². The number of unbranched alkanes of at least 4 members (excludes halogenated alkanes) is 5. The summed E-state index contributed by atoms with van der Waals surface area (Å²) in [5.41, 5.74) is 3.11. The first-order valence-electron chi connectivity index (χ1n) is 14.9. The van der Waals surface area contributed by atoms with Gasteiger partial charge < -0.3 is 9.47 Å². The first-order valence-corrected chi connectivity index (χ1v) is 14.9. The van der Waals surface area contributed by atoms with Crippen LogP contribution < -0.4 is 4.74 Å². The summed E-state index contributed by atoms with van der Waals surface area (Å²) in [4.78, 5) is 11.9. The van der Waals surface area contributed by atoms with E-state index in [1.807, 2.05) is 13.0 Å². The summed E-state index contributed by atoms with van der Waals surface area (Å²) in [5, 5.41) is 0. The number of rotatable bonds is 16. The van der Waals surface area contributed by atoms with Crippen molar-refractivity contribution >= 4 is 5.97 Å². The zero-order valence-corrected chi connectivity index (χ0v) is 23.4. The molecule has 0 radical (unpaired) electrons. The third-order valence-electron chi connectivity index (χ3n) is 7.71. The standard InChI is InChI=1S/C33H46F2O3/c1-3-5-7-8-9-23-37-32-22-19-28(24-31(32)35)27-17-13-25(14-18-27)11-12-26-15-20-29(21-16-26)38-33(36)30(34)10-6-4-2/h13-14,17-19,22,24,26,29-30H,3-12,15-16,20-21,23H2,1-2H3/t26-,29-,30-/m0/s1. The summed E-state index contributed by atoms with van der Waals surface area (Å²) < 4.78 is 39.5. The van der Waals surface area contributed by atoms with Gasteiger partial charge >= 0.3 is 5.97 Å². The predicted molar refractivity (Wildman–Crippen MR) is 151 cm³/mol. The van der Waals surface area contributed by atoms with Crippen LogP contribution in [0.3, 0.4) is 0 Å². The Kier molecular flexibility index (Phi) is 13.1. The third-order valence-corrected chi connectivity index (χ3v) is 7.71. The van der Waals surface area contributed by atoms with E-state index in [4.69, 9.17) is 9.47 Å². The minimum Gasteiger partial charge on any atom is -0.491 e. The first-order chi connectivity index (χ1) is 18.5. The molecule has 1 fully saturated rings. The van der Waals surface area contributed by atoms with Crippen LogP contribution >= 0.6 is 0 Å². The maximum Gasteiger partial charge on any atom is 0.340 e. The number of carbonyl (C=O) groups is 1. The summed E-state index contributed by atoms with van der Waals surface area (Å²) in [5.74, 6) is -0.0724. The topological polar surface area (TPSA) is 35.5 Å². The SMILES string of the molecule is CCCCCCCOc1ccc(-c2ccc(CC[C@H]3CC[C@H](OC(=O)[C@@H](F)CCCC)CC3)cc2)cc1F. The van der Waals surface area contributed by atoms with Gasteiger partial charge in [0.25, 0.3) is 0 Å². The zero-order valence-electron chi connectivity index (χ0n) is 23.4. The molecular weight excluding hydrogens is 482 g/mol. The monoisotopic (exact) mass is 528 g/mol. The molecule has 210 valence electrons. The normalized spacial score (nSPS) is 18.2. The fourth-order valence-corrected chi connectivity index (χ4v) is 5.20. The lowest BCUT2D eigenvalue weighted by Crippen LogP contribution is -2.29. The van der Waals surface area contributed by atoms with E-state index in [1.54, 1.807) is 12.1 Å². The number of aryl methyl sites for hydroxylation is 1. The average Bonchev–Trinajstić information content (AvgIpc) is 2.94. The lowest BCUT2D eigenvalue weighted by Gasteiger charge is -2.28. The predicted octanol–water partition coefficient (Wildman–Crippen LogP) is 9.40. The molecule has 0 unspecified atom stereocenters. The maximum atomic E-state index is 14.6. The van der Waals surface area contributed by atoms with Gasteiger partial charge in [-0.05, 0) is 86.1 Å². The Morgan fingerprint density at radius 1 is 0.895 bits per heavy atom. The fourth-order valence-electron chi connectivity index (χ4n) is 5.20. The average molecular weight is 529 g/mol. The van der Waals surface area contributed by atoms with Crippen LogP contribution in [-0.4, -0.2) is 24.9 Å². The molecule has 0 bridgehead atoms. The van der Waals surface area contributed by atoms with Crippen LogP contribution in [0.25, 0.3) is 11.1 Å². The minimum atomic E-state index is -1.48. The van der Waals surface area contributed by atoms with Crippen molar-refractivity contribution in [2.24, 2.45) is 5.92 Å². The molecule has 2 aromatic rings. The molecule has 0 amide bonds. The smallest absolute Gasteiger partial charge is 0.340 e. The molecule has 0 spiro atoms. The van der Waals surface area contributed by atoms with Crippen molar-refractivity contribution < 1.29 is 23.0 Å². The zero-order chi connectivity index (χ0) is 27.2. The highest BCUT2D eigenvalue weighted by Crippen LogP contribution is 2.31. The number of hydrogen-bond donors (Lipinski definition) is 0. The number of hydrogen-bond acceptors (Lipinski definition) is 3. The highest BCUT2D eigenvalue weighted by Gasteiger charge is 2.27. The van der Waals surface area contributed by atoms with Gasteiger partial charge in [0.05, 0.1) is 6.61 Å². The number of esters is 1. The van der Waals surface area contributed by atoms with E-state index in [1.165, 1.54) is 24.8 Å². The number of carbonyl (C=O) groups excluding carboxylic acids is 1. The number of benzene rings is 2. The molecule has 3 nitrogen and oxygen atoms in total.